The Balaban J connectivity index is 1.78. The van der Waals surface area contributed by atoms with Gasteiger partial charge in [-0.2, -0.15) is 0 Å². The molecule has 2 saturated heterocycles. The highest BCUT2D eigenvalue weighted by atomic mass is 35.5. The molecule has 1 aromatic rings. The van der Waals surface area contributed by atoms with Crippen molar-refractivity contribution in [2.45, 2.75) is 20.3 Å². The van der Waals surface area contributed by atoms with Gasteiger partial charge in [-0.05, 0) is 18.2 Å². The van der Waals surface area contributed by atoms with Crippen molar-refractivity contribution in [3.63, 3.8) is 0 Å². The zero-order valence-electron chi connectivity index (χ0n) is 15.6. The van der Waals surface area contributed by atoms with E-state index in [-0.39, 0.29) is 23.8 Å². The third kappa shape index (κ3) is 4.53. The predicted molar refractivity (Wildman–Crippen MR) is 104 cm³/mol. The Bertz CT molecular complexity index is 754. The second-order valence-corrected chi connectivity index (χ2v) is 8.17. The Morgan fingerprint density at radius 3 is 2.56 bits per heavy atom. The van der Waals surface area contributed by atoms with Crippen molar-refractivity contribution in [3.05, 3.63) is 29.3 Å². The summed E-state index contributed by atoms with van der Waals surface area (Å²) in [5.41, 5.74) is 0.158. The number of anilines is 1. The van der Waals surface area contributed by atoms with E-state index in [9.17, 15) is 14.4 Å². The van der Waals surface area contributed by atoms with Crippen molar-refractivity contribution < 1.29 is 14.4 Å². The first kappa shape index (κ1) is 19.5. The van der Waals surface area contributed by atoms with Gasteiger partial charge in [0.2, 0.25) is 11.8 Å². The molecule has 2 aliphatic rings. The molecule has 0 bridgehead atoms. The van der Waals surface area contributed by atoms with Crippen LogP contribution < -0.4 is 10.6 Å². The van der Waals surface area contributed by atoms with Crippen molar-refractivity contribution >= 4 is 35.1 Å². The molecule has 0 aromatic heterocycles. The van der Waals surface area contributed by atoms with Crippen LogP contribution in [0.1, 0.15) is 20.3 Å². The molecule has 0 aliphatic carbocycles. The molecule has 4 amide bonds. The molecule has 7 nitrogen and oxygen atoms in total. The number of nitrogens with zero attached hydrogens (tertiary/aromatic N) is 2. The molecule has 3 rings (SSSR count). The second kappa shape index (κ2) is 7.76. The number of urea groups is 1. The molecule has 1 spiro atoms. The number of hydrogen-bond donors (Lipinski definition) is 2. The number of benzene rings is 1. The predicted octanol–water partition coefficient (Wildman–Crippen LogP) is 2.18. The summed E-state index contributed by atoms with van der Waals surface area (Å²) in [5.74, 6) is -0.117. The molecule has 2 heterocycles. The largest absolute Gasteiger partial charge is 0.355 e. The maximum atomic E-state index is 12.8. The summed E-state index contributed by atoms with van der Waals surface area (Å²) in [4.78, 5) is 40.8. The summed E-state index contributed by atoms with van der Waals surface area (Å²) < 4.78 is 0. The van der Waals surface area contributed by atoms with Gasteiger partial charge in [-0.25, -0.2) is 4.79 Å². The Morgan fingerprint density at radius 2 is 1.93 bits per heavy atom. The van der Waals surface area contributed by atoms with Gasteiger partial charge in [0.05, 0.1) is 0 Å². The van der Waals surface area contributed by atoms with Gasteiger partial charge >= 0.3 is 6.03 Å². The van der Waals surface area contributed by atoms with Gasteiger partial charge in [-0.3, -0.25) is 9.59 Å². The summed E-state index contributed by atoms with van der Waals surface area (Å²) in [6, 6.07) is 6.71. The van der Waals surface area contributed by atoms with Crippen molar-refractivity contribution in [1.82, 2.24) is 15.1 Å². The molecule has 1 unspecified atom stereocenters. The lowest BCUT2D eigenvalue weighted by molar-refractivity contribution is -0.135. The zero-order chi connectivity index (χ0) is 19.6. The summed E-state index contributed by atoms with van der Waals surface area (Å²) in [7, 11) is 0. The number of carbonyl (C=O) groups is 3. The molecular formula is C19H25ClN4O3. The van der Waals surface area contributed by atoms with Crippen LogP contribution in [0, 0.1) is 11.3 Å². The number of nitrogens with one attached hydrogen (secondary N) is 2. The molecule has 0 saturated carbocycles. The summed E-state index contributed by atoms with van der Waals surface area (Å²) in [6.07, 6.45) is 0.315. The van der Waals surface area contributed by atoms with Crippen molar-refractivity contribution in [2.24, 2.45) is 11.3 Å². The first-order chi connectivity index (χ1) is 12.8. The van der Waals surface area contributed by atoms with Gasteiger partial charge in [0.1, 0.15) is 0 Å². The first-order valence-electron chi connectivity index (χ1n) is 9.15. The van der Waals surface area contributed by atoms with Gasteiger partial charge < -0.3 is 20.4 Å². The lowest BCUT2D eigenvalue weighted by atomic mass is 9.86. The fraction of sp³-hybridized carbons (Fsp3) is 0.526. The summed E-state index contributed by atoms with van der Waals surface area (Å²) in [5, 5.41) is 6.26. The van der Waals surface area contributed by atoms with E-state index >= 15 is 0 Å². The molecule has 2 aliphatic heterocycles. The van der Waals surface area contributed by atoms with E-state index in [0.29, 0.717) is 49.9 Å². The van der Waals surface area contributed by atoms with Crippen molar-refractivity contribution in [3.8, 4) is 0 Å². The van der Waals surface area contributed by atoms with Crippen LogP contribution in [-0.2, 0) is 9.59 Å². The minimum Gasteiger partial charge on any atom is -0.355 e. The Morgan fingerprint density at radius 1 is 1.22 bits per heavy atom. The lowest BCUT2D eigenvalue weighted by Gasteiger charge is -2.33. The Hall–Kier alpha value is -2.28. The van der Waals surface area contributed by atoms with Crippen LogP contribution in [0.25, 0.3) is 0 Å². The summed E-state index contributed by atoms with van der Waals surface area (Å²) in [6.45, 7) is 5.96. The monoisotopic (exact) mass is 392 g/mol. The van der Waals surface area contributed by atoms with Crippen LogP contribution in [0.4, 0.5) is 10.5 Å². The van der Waals surface area contributed by atoms with E-state index in [2.05, 4.69) is 10.6 Å². The van der Waals surface area contributed by atoms with Crippen LogP contribution >= 0.6 is 11.6 Å². The zero-order valence-corrected chi connectivity index (χ0v) is 16.4. The minimum absolute atomic E-state index is 0.0379. The first-order valence-corrected chi connectivity index (χ1v) is 9.53. The third-order valence-corrected chi connectivity index (χ3v) is 5.29. The topological polar surface area (TPSA) is 81.8 Å². The highest BCUT2D eigenvalue weighted by Gasteiger charge is 2.45. The number of hydrogen-bond acceptors (Lipinski definition) is 3. The number of rotatable bonds is 2. The van der Waals surface area contributed by atoms with Crippen LogP contribution in [0.3, 0.4) is 0 Å². The number of carbonyl (C=O) groups excluding carboxylic acids is 3. The molecule has 27 heavy (non-hydrogen) atoms. The van der Waals surface area contributed by atoms with E-state index < -0.39 is 5.41 Å². The van der Waals surface area contributed by atoms with Crippen LogP contribution in [0.5, 0.6) is 0 Å². The minimum atomic E-state index is -0.455. The van der Waals surface area contributed by atoms with E-state index in [0.717, 1.165) is 0 Å². The van der Waals surface area contributed by atoms with Gasteiger partial charge in [0.25, 0.3) is 0 Å². The molecule has 1 atom stereocenters. The van der Waals surface area contributed by atoms with Crippen molar-refractivity contribution in [2.75, 3.05) is 38.0 Å². The SMILES string of the molecule is CC(C)C(=O)N1CCN(C(=O)Nc2cccc(Cl)c2)CC2(CNC(=O)C2)C1. The van der Waals surface area contributed by atoms with Gasteiger partial charge in [0.15, 0.2) is 0 Å². The molecule has 8 heteroatoms. The molecule has 1 aromatic carbocycles. The highest BCUT2D eigenvalue weighted by Crippen LogP contribution is 2.31. The maximum absolute atomic E-state index is 12.8. The van der Waals surface area contributed by atoms with Gasteiger partial charge in [-0.15, -0.1) is 0 Å². The van der Waals surface area contributed by atoms with Gasteiger partial charge in [-0.1, -0.05) is 31.5 Å². The van der Waals surface area contributed by atoms with E-state index in [1.54, 1.807) is 34.1 Å². The maximum Gasteiger partial charge on any atom is 0.321 e. The number of amides is 4. The summed E-state index contributed by atoms with van der Waals surface area (Å²) >= 11 is 5.98. The molecule has 2 fully saturated rings. The highest BCUT2D eigenvalue weighted by molar-refractivity contribution is 6.30. The average molecular weight is 393 g/mol. The fourth-order valence-electron chi connectivity index (χ4n) is 3.73. The normalized spacial score (nSPS) is 22.7. The number of halogens is 1. The van der Waals surface area contributed by atoms with Crippen LogP contribution in [-0.4, -0.2) is 60.4 Å². The second-order valence-electron chi connectivity index (χ2n) is 7.73. The smallest absolute Gasteiger partial charge is 0.321 e. The third-order valence-electron chi connectivity index (χ3n) is 5.06. The Labute approximate surface area is 164 Å². The Kier molecular flexibility index (Phi) is 5.60. The lowest BCUT2D eigenvalue weighted by Crippen LogP contribution is -2.46. The molecule has 146 valence electrons. The molecule has 2 N–H and O–H groups in total. The van der Waals surface area contributed by atoms with E-state index in [4.69, 9.17) is 11.6 Å². The average Bonchev–Trinajstić information content (AvgIpc) is 2.85. The molecule has 0 radical (unpaired) electrons. The van der Waals surface area contributed by atoms with Crippen molar-refractivity contribution in [1.29, 1.82) is 0 Å². The van der Waals surface area contributed by atoms with E-state index in [1.165, 1.54) is 0 Å². The fourth-order valence-corrected chi connectivity index (χ4v) is 3.92. The van der Waals surface area contributed by atoms with Crippen LogP contribution in [0.15, 0.2) is 24.3 Å². The van der Waals surface area contributed by atoms with Crippen LogP contribution in [0.2, 0.25) is 5.02 Å². The van der Waals surface area contributed by atoms with E-state index in [1.807, 2.05) is 13.8 Å². The molecular weight excluding hydrogens is 368 g/mol. The quantitative estimate of drug-likeness (QED) is 0.809. The standard InChI is InChI=1S/C19H25ClN4O3/c1-13(2)17(26)23-6-7-24(12-19(11-23)9-16(25)21-10-19)18(27)22-15-5-3-4-14(20)8-15/h3-5,8,13H,6-7,9-12H2,1-2H3,(H,21,25)(H,22,27). The van der Waals surface area contributed by atoms with Gasteiger partial charge in [0, 0.05) is 61.2 Å².